The smallest absolute Gasteiger partial charge is 0.236 e. The first-order valence-corrected chi connectivity index (χ1v) is 6.61. The highest BCUT2D eigenvalue weighted by atomic mass is 79.9. The van der Waals surface area contributed by atoms with Crippen LogP contribution < -0.4 is 10.6 Å². The Morgan fingerprint density at radius 1 is 1.47 bits per heavy atom. The fraction of sp³-hybridized carbons (Fsp3) is 0.500. The van der Waals surface area contributed by atoms with Gasteiger partial charge in [0, 0.05) is 16.7 Å². The average Bonchev–Trinajstić information content (AvgIpc) is 2.79. The highest BCUT2D eigenvalue weighted by molar-refractivity contribution is 9.10. The van der Waals surface area contributed by atoms with Gasteiger partial charge in [0.2, 0.25) is 5.91 Å². The molecule has 2 rings (SSSR count). The van der Waals surface area contributed by atoms with Crippen molar-refractivity contribution in [2.45, 2.75) is 31.7 Å². The lowest BCUT2D eigenvalue weighted by atomic mass is 10.2. The summed E-state index contributed by atoms with van der Waals surface area (Å²) in [5.74, 6) is -0.295. The first-order chi connectivity index (χ1) is 8.16. The maximum atomic E-state index is 11.2. The fourth-order valence-corrected chi connectivity index (χ4v) is 2.73. The molecule has 1 saturated carbocycles. The van der Waals surface area contributed by atoms with E-state index >= 15 is 0 Å². The summed E-state index contributed by atoms with van der Waals surface area (Å²) in [7, 11) is 0. The van der Waals surface area contributed by atoms with Gasteiger partial charge < -0.3 is 10.6 Å². The number of carbonyl (C=O) groups is 1. The van der Waals surface area contributed by atoms with Crippen LogP contribution in [0, 0.1) is 0 Å². The minimum absolute atomic E-state index is 0.267. The van der Waals surface area contributed by atoms with E-state index in [2.05, 4.69) is 25.8 Å². The Morgan fingerprint density at radius 2 is 2.18 bits per heavy atom. The van der Waals surface area contributed by atoms with Crippen LogP contribution in [0.15, 0.2) is 22.9 Å². The van der Waals surface area contributed by atoms with Crippen molar-refractivity contribution in [1.82, 2.24) is 4.98 Å². The first-order valence-electron chi connectivity index (χ1n) is 5.82. The van der Waals surface area contributed by atoms with E-state index in [1.54, 1.807) is 12.4 Å². The number of primary amides is 1. The number of nitrogens with zero attached hydrogens (tertiary/aromatic N) is 2. The Balaban J connectivity index is 2.22. The van der Waals surface area contributed by atoms with Crippen LogP contribution >= 0.6 is 15.9 Å². The molecule has 1 aliphatic rings. The van der Waals surface area contributed by atoms with Gasteiger partial charge in [-0.2, -0.15) is 0 Å². The summed E-state index contributed by atoms with van der Waals surface area (Å²) in [5, 5.41) is 0. The minimum Gasteiger partial charge on any atom is -0.368 e. The van der Waals surface area contributed by atoms with E-state index in [0.29, 0.717) is 6.04 Å². The molecule has 2 N–H and O–H groups in total. The van der Waals surface area contributed by atoms with Crippen molar-refractivity contribution in [2.24, 2.45) is 5.73 Å². The monoisotopic (exact) mass is 297 g/mol. The zero-order valence-corrected chi connectivity index (χ0v) is 11.2. The topological polar surface area (TPSA) is 59.2 Å². The van der Waals surface area contributed by atoms with Gasteiger partial charge in [-0.3, -0.25) is 9.78 Å². The van der Waals surface area contributed by atoms with Crippen molar-refractivity contribution < 1.29 is 4.79 Å². The van der Waals surface area contributed by atoms with Crippen LogP contribution in [0.5, 0.6) is 0 Å². The number of amides is 1. The second kappa shape index (κ2) is 5.49. The van der Waals surface area contributed by atoms with E-state index in [-0.39, 0.29) is 12.5 Å². The van der Waals surface area contributed by atoms with Gasteiger partial charge in [-0.1, -0.05) is 12.8 Å². The quantitative estimate of drug-likeness (QED) is 0.926. The molecule has 1 fully saturated rings. The summed E-state index contributed by atoms with van der Waals surface area (Å²) in [6.45, 7) is 0.267. The van der Waals surface area contributed by atoms with Gasteiger partial charge in [0.25, 0.3) is 0 Å². The summed E-state index contributed by atoms with van der Waals surface area (Å²) < 4.78 is 0.919. The third-order valence-electron chi connectivity index (χ3n) is 3.11. The molecule has 0 atom stereocenters. The molecular formula is C12H16BrN3O. The van der Waals surface area contributed by atoms with E-state index in [0.717, 1.165) is 23.0 Å². The van der Waals surface area contributed by atoms with Gasteiger partial charge in [0.1, 0.15) is 0 Å². The highest BCUT2D eigenvalue weighted by Gasteiger charge is 2.24. The zero-order valence-electron chi connectivity index (χ0n) is 9.60. The predicted molar refractivity (Wildman–Crippen MR) is 70.7 cm³/mol. The van der Waals surface area contributed by atoms with Crippen LogP contribution in [0.4, 0.5) is 5.69 Å². The number of nitrogens with two attached hydrogens (primary N) is 1. The molecule has 4 nitrogen and oxygen atoms in total. The summed E-state index contributed by atoms with van der Waals surface area (Å²) in [4.78, 5) is 17.4. The number of carbonyl (C=O) groups excluding carboxylic acids is 1. The molecule has 0 spiro atoms. The van der Waals surface area contributed by atoms with Crippen molar-refractivity contribution in [3.63, 3.8) is 0 Å². The van der Waals surface area contributed by atoms with Gasteiger partial charge >= 0.3 is 0 Å². The molecule has 1 aromatic heterocycles. The predicted octanol–water partition coefficient (Wildman–Crippen LogP) is 2.08. The van der Waals surface area contributed by atoms with Gasteiger partial charge in [0.05, 0.1) is 18.4 Å². The van der Waals surface area contributed by atoms with Crippen molar-refractivity contribution in [3.8, 4) is 0 Å². The minimum atomic E-state index is -0.295. The number of halogens is 1. The van der Waals surface area contributed by atoms with Gasteiger partial charge in [-0.25, -0.2) is 0 Å². The Bertz CT molecular complexity index is 404. The second-order valence-electron chi connectivity index (χ2n) is 4.39. The van der Waals surface area contributed by atoms with Gasteiger partial charge in [-0.15, -0.1) is 0 Å². The van der Waals surface area contributed by atoms with Gasteiger partial charge in [-0.05, 0) is 34.8 Å². The largest absolute Gasteiger partial charge is 0.368 e. The maximum Gasteiger partial charge on any atom is 0.236 e. The number of anilines is 1. The lowest BCUT2D eigenvalue weighted by molar-refractivity contribution is -0.116. The molecule has 17 heavy (non-hydrogen) atoms. The molecule has 1 amide bonds. The van der Waals surface area contributed by atoms with Crippen LogP contribution in [0.2, 0.25) is 0 Å². The summed E-state index contributed by atoms with van der Waals surface area (Å²) in [5.41, 5.74) is 6.29. The molecule has 0 aromatic carbocycles. The molecule has 0 radical (unpaired) electrons. The fourth-order valence-electron chi connectivity index (χ4n) is 2.37. The van der Waals surface area contributed by atoms with Crippen LogP contribution in [0.3, 0.4) is 0 Å². The Hall–Kier alpha value is -1.10. The van der Waals surface area contributed by atoms with Crippen molar-refractivity contribution in [1.29, 1.82) is 0 Å². The number of aromatic nitrogens is 1. The normalized spacial score (nSPS) is 16.1. The molecule has 0 bridgehead atoms. The second-order valence-corrected chi connectivity index (χ2v) is 5.31. The first kappa shape index (κ1) is 12.4. The third kappa shape index (κ3) is 3.19. The Kier molecular flexibility index (Phi) is 3.99. The molecule has 92 valence electrons. The SMILES string of the molecule is NC(=O)CN(c1cncc(Br)c1)C1CCCC1. The number of hydrogen-bond donors (Lipinski definition) is 1. The van der Waals surface area contributed by atoms with Crippen LogP contribution in [0.1, 0.15) is 25.7 Å². The third-order valence-corrected chi connectivity index (χ3v) is 3.55. The van der Waals surface area contributed by atoms with Crippen LogP contribution in [-0.2, 0) is 4.79 Å². The molecule has 0 saturated heterocycles. The summed E-state index contributed by atoms with van der Waals surface area (Å²) >= 11 is 3.40. The average molecular weight is 298 g/mol. The van der Waals surface area contributed by atoms with E-state index in [9.17, 15) is 4.79 Å². The molecular weight excluding hydrogens is 282 g/mol. The van der Waals surface area contributed by atoms with E-state index < -0.39 is 0 Å². The number of rotatable bonds is 4. The summed E-state index contributed by atoms with van der Waals surface area (Å²) in [6.07, 6.45) is 8.22. The number of hydrogen-bond acceptors (Lipinski definition) is 3. The van der Waals surface area contributed by atoms with Crippen LogP contribution in [0.25, 0.3) is 0 Å². The molecule has 5 heteroatoms. The standard InChI is InChI=1S/C12H16BrN3O/c13-9-5-11(7-15-6-9)16(8-12(14)17)10-3-1-2-4-10/h5-7,10H,1-4,8H2,(H2,14,17). The van der Waals surface area contributed by atoms with Crippen LogP contribution in [-0.4, -0.2) is 23.5 Å². The highest BCUT2D eigenvalue weighted by Crippen LogP contribution is 2.28. The number of pyridine rings is 1. The van der Waals surface area contributed by atoms with E-state index in [1.807, 2.05) is 6.07 Å². The van der Waals surface area contributed by atoms with Crippen molar-refractivity contribution in [2.75, 3.05) is 11.4 Å². The van der Waals surface area contributed by atoms with Gasteiger partial charge in [0.15, 0.2) is 0 Å². The molecule has 1 heterocycles. The Morgan fingerprint density at radius 3 is 2.76 bits per heavy atom. The molecule has 0 unspecified atom stereocenters. The maximum absolute atomic E-state index is 11.2. The molecule has 0 aliphatic heterocycles. The van der Waals surface area contributed by atoms with E-state index in [4.69, 9.17) is 5.73 Å². The lowest BCUT2D eigenvalue weighted by Gasteiger charge is -2.29. The zero-order chi connectivity index (χ0) is 12.3. The summed E-state index contributed by atoms with van der Waals surface area (Å²) in [6, 6.07) is 2.40. The molecule has 1 aromatic rings. The lowest BCUT2D eigenvalue weighted by Crippen LogP contribution is -2.40. The van der Waals surface area contributed by atoms with E-state index in [1.165, 1.54) is 12.8 Å². The Labute approximate surface area is 109 Å². The van der Waals surface area contributed by atoms with Crippen molar-refractivity contribution >= 4 is 27.5 Å². The molecule has 1 aliphatic carbocycles. The van der Waals surface area contributed by atoms with Crippen molar-refractivity contribution in [3.05, 3.63) is 22.9 Å².